The van der Waals surface area contributed by atoms with Crippen LogP contribution >= 0.6 is 21.6 Å². The van der Waals surface area contributed by atoms with Crippen molar-refractivity contribution in [2.45, 2.75) is 37.7 Å². The van der Waals surface area contributed by atoms with Gasteiger partial charge in [-0.05, 0) is 19.8 Å². The normalized spacial score (nSPS) is 41.3. The summed E-state index contributed by atoms with van der Waals surface area (Å²) >= 11 is 0. The van der Waals surface area contributed by atoms with Crippen molar-refractivity contribution in [1.29, 1.82) is 0 Å². The lowest BCUT2D eigenvalue weighted by Gasteiger charge is -2.22. The molecule has 2 atom stereocenters. The fourth-order valence-electron chi connectivity index (χ4n) is 0.924. The Hall–Kier alpha value is 0.700. The van der Waals surface area contributed by atoms with E-state index >= 15 is 0 Å². The largest absolute Gasteiger partial charge is 0.0901 e. The summed E-state index contributed by atoms with van der Waals surface area (Å²) in [6.07, 6.45) is 0. The van der Waals surface area contributed by atoms with E-state index < -0.39 is 0 Å². The van der Waals surface area contributed by atoms with Gasteiger partial charge in [0.1, 0.15) is 0 Å². The minimum absolute atomic E-state index is 0.504. The Morgan fingerprint density at radius 1 is 1.22 bits per heavy atom. The lowest BCUT2D eigenvalue weighted by atomic mass is 9.94. The van der Waals surface area contributed by atoms with E-state index in [0.29, 0.717) is 4.75 Å². The lowest BCUT2D eigenvalue weighted by molar-refractivity contribution is 0.470. The second kappa shape index (κ2) is 2.39. The van der Waals surface area contributed by atoms with Gasteiger partial charge in [0.05, 0.1) is 0 Å². The summed E-state index contributed by atoms with van der Waals surface area (Å²) in [5.41, 5.74) is 0. The molecule has 0 radical (unpaired) electrons. The van der Waals surface area contributed by atoms with E-state index in [-0.39, 0.29) is 0 Å². The predicted molar refractivity (Wildman–Crippen MR) is 47.9 cm³/mol. The van der Waals surface area contributed by atoms with Crippen LogP contribution in [-0.4, -0.2) is 10.00 Å². The van der Waals surface area contributed by atoms with Crippen LogP contribution in [0.2, 0.25) is 0 Å². The van der Waals surface area contributed by atoms with Gasteiger partial charge in [0.25, 0.3) is 0 Å². The molecular weight excluding hydrogens is 148 g/mol. The smallest absolute Gasteiger partial charge is 0.0243 e. The van der Waals surface area contributed by atoms with Crippen molar-refractivity contribution in [3.63, 3.8) is 0 Å². The van der Waals surface area contributed by atoms with Crippen molar-refractivity contribution < 1.29 is 0 Å². The third-order valence-corrected chi connectivity index (χ3v) is 6.31. The average Bonchev–Trinajstić information content (AvgIpc) is 1.97. The highest BCUT2D eigenvalue weighted by molar-refractivity contribution is 8.77. The molecule has 1 aliphatic heterocycles. The van der Waals surface area contributed by atoms with Gasteiger partial charge in [-0.25, -0.2) is 0 Å². The van der Waals surface area contributed by atoms with Crippen LogP contribution in [0.4, 0.5) is 0 Å². The van der Waals surface area contributed by atoms with Gasteiger partial charge in [0.15, 0.2) is 0 Å². The van der Waals surface area contributed by atoms with Crippen LogP contribution in [0.25, 0.3) is 0 Å². The summed E-state index contributed by atoms with van der Waals surface area (Å²) in [5.74, 6) is 0.854. The highest BCUT2D eigenvalue weighted by Gasteiger charge is 2.37. The molecule has 1 fully saturated rings. The number of rotatable bonds is 0. The third kappa shape index (κ3) is 1.40. The minimum atomic E-state index is 0.504. The average molecular weight is 162 g/mol. The van der Waals surface area contributed by atoms with Gasteiger partial charge in [-0.3, -0.25) is 0 Å². The zero-order valence-electron chi connectivity index (χ0n) is 6.47. The Morgan fingerprint density at radius 3 is 1.89 bits per heavy atom. The van der Waals surface area contributed by atoms with E-state index in [1.807, 2.05) is 21.6 Å². The van der Waals surface area contributed by atoms with Crippen LogP contribution in [0.15, 0.2) is 0 Å². The van der Waals surface area contributed by atoms with E-state index in [0.717, 1.165) is 11.2 Å². The first-order chi connectivity index (χ1) is 4.04. The van der Waals surface area contributed by atoms with Gasteiger partial charge >= 0.3 is 0 Å². The molecule has 1 saturated heterocycles. The third-order valence-electron chi connectivity index (χ3n) is 2.22. The fourth-order valence-corrected chi connectivity index (χ4v) is 4.43. The summed E-state index contributed by atoms with van der Waals surface area (Å²) < 4.78 is 0.504. The topological polar surface area (TPSA) is 0 Å². The second-order valence-corrected chi connectivity index (χ2v) is 6.51. The maximum absolute atomic E-state index is 2.34. The van der Waals surface area contributed by atoms with Crippen LogP contribution in [0.3, 0.4) is 0 Å². The molecule has 0 amide bonds. The Kier molecular flexibility index (Phi) is 2.07. The van der Waals surface area contributed by atoms with Gasteiger partial charge in [-0.15, -0.1) is 0 Å². The lowest BCUT2D eigenvalue weighted by Crippen LogP contribution is -2.24. The molecule has 1 heterocycles. The number of hydrogen-bond donors (Lipinski definition) is 0. The molecule has 9 heavy (non-hydrogen) atoms. The van der Waals surface area contributed by atoms with E-state index in [4.69, 9.17) is 0 Å². The Balaban J connectivity index is 2.62. The molecule has 1 rings (SSSR count). The highest BCUT2D eigenvalue weighted by atomic mass is 33.1. The molecule has 0 saturated carbocycles. The molecule has 0 aromatic rings. The molecular formula is C7H14S2. The summed E-state index contributed by atoms with van der Waals surface area (Å²) in [6, 6.07) is 0. The standard InChI is InChI=1S/C7H14S2/c1-5-6(2)8-9-7(5,3)4/h5-6H,1-4H3/t5-,6-/m1/s1. The van der Waals surface area contributed by atoms with Crippen molar-refractivity contribution in [2.75, 3.05) is 0 Å². The SMILES string of the molecule is C[C@@H]1[C@@H](C)SSC1(C)C. The van der Waals surface area contributed by atoms with Gasteiger partial charge in [0.2, 0.25) is 0 Å². The predicted octanol–water partition coefficient (Wildman–Crippen LogP) is 3.18. The van der Waals surface area contributed by atoms with Crippen molar-refractivity contribution in [3.05, 3.63) is 0 Å². The van der Waals surface area contributed by atoms with E-state index in [9.17, 15) is 0 Å². The maximum Gasteiger partial charge on any atom is 0.0243 e. The van der Waals surface area contributed by atoms with Crippen molar-refractivity contribution in [1.82, 2.24) is 0 Å². The molecule has 0 aliphatic carbocycles. The minimum Gasteiger partial charge on any atom is -0.0901 e. The van der Waals surface area contributed by atoms with Crippen LogP contribution in [0, 0.1) is 5.92 Å². The molecule has 0 aromatic heterocycles. The van der Waals surface area contributed by atoms with Crippen molar-refractivity contribution in [2.24, 2.45) is 5.92 Å². The summed E-state index contributed by atoms with van der Waals surface area (Å²) in [5, 5.41) is 0.838. The molecule has 54 valence electrons. The quantitative estimate of drug-likeness (QED) is 0.502. The summed E-state index contributed by atoms with van der Waals surface area (Å²) in [4.78, 5) is 0. The van der Waals surface area contributed by atoms with Crippen LogP contribution in [0.5, 0.6) is 0 Å². The molecule has 0 nitrogen and oxygen atoms in total. The van der Waals surface area contributed by atoms with Crippen LogP contribution in [-0.2, 0) is 0 Å². The molecule has 0 spiro atoms. The van der Waals surface area contributed by atoms with E-state index in [1.165, 1.54) is 0 Å². The number of hydrogen-bond acceptors (Lipinski definition) is 2. The summed E-state index contributed by atoms with van der Waals surface area (Å²) in [6.45, 7) is 9.33. The van der Waals surface area contributed by atoms with Crippen LogP contribution < -0.4 is 0 Å². The van der Waals surface area contributed by atoms with Gasteiger partial charge in [0, 0.05) is 10.00 Å². The first-order valence-electron chi connectivity index (χ1n) is 3.38. The Morgan fingerprint density at radius 2 is 1.78 bits per heavy atom. The first-order valence-corrected chi connectivity index (χ1v) is 5.60. The van der Waals surface area contributed by atoms with E-state index in [1.54, 1.807) is 0 Å². The highest BCUT2D eigenvalue weighted by Crippen LogP contribution is 2.53. The first kappa shape index (κ1) is 7.80. The molecule has 0 aromatic carbocycles. The monoisotopic (exact) mass is 162 g/mol. The molecule has 0 bridgehead atoms. The van der Waals surface area contributed by atoms with Gasteiger partial charge < -0.3 is 0 Å². The fraction of sp³-hybridized carbons (Fsp3) is 1.00. The maximum atomic E-state index is 2.34. The molecule has 2 heteroatoms. The Labute approximate surface area is 65.6 Å². The zero-order chi connectivity index (χ0) is 7.07. The zero-order valence-corrected chi connectivity index (χ0v) is 8.10. The molecule has 0 N–H and O–H groups in total. The summed E-state index contributed by atoms with van der Waals surface area (Å²) in [7, 11) is 4.06. The van der Waals surface area contributed by atoms with Crippen molar-refractivity contribution in [3.8, 4) is 0 Å². The molecule has 1 aliphatic rings. The van der Waals surface area contributed by atoms with Gasteiger partial charge in [-0.2, -0.15) is 0 Å². The van der Waals surface area contributed by atoms with Gasteiger partial charge in [-0.1, -0.05) is 35.4 Å². The molecule has 0 unspecified atom stereocenters. The van der Waals surface area contributed by atoms with Crippen molar-refractivity contribution >= 4 is 21.6 Å². The second-order valence-electron chi connectivity index (χ2n) is 3.28. The Bertz CT molecular complexity index is 109. The van der Waals surface area contributed by atoms with Crippen LogP contribution in [0.1, 0.15) is 27.7 Å². The van der Waals surface area contributed by atoms with E-state index in [2.05, 4.69) is 27.7 Å².